The van der Waals surface area contributed by atoms with E-state index < -0.39 is 23.7 Å². The van der Waals surface area contributed by atoms with Crippen LogP contribution < -0.4 is 0 Å². The quantitative estimate of drug-likeness (QED) is 0.404. The van der Waals surface area contributed by atoms with E-state index in [1.54, 1.807) is 6.92 Å². The highest BCUT2D eigenvalue weighted by atomic mass is 32.1. The molecule has 0 aromatic carbocycles. The summed E-state index contributed by atoms with van der Waals surface area (Å²) in [6.45, 7) is 1.43. The van der Waals surface area contributed by atoms with E-state index in [-0.39, 0.29) is 12.5 Å². The molecule has 1 rings (SSSR count). The predicted molar refractivity (Wildman–Crippen MR) is 45.9 cm³/mol. The van der Waals surface area contributed by atoms with Crippen molar-refractivity contribution in [1.29, 1.82) is 0 Å². The van der Waals surface area contributed by atoms with Crippen LogP contribution in [-0.2, 0) is 4.74 Å². The molecule has 1 fully saturated rings. The van der Waals surface area contributed by atoms with E-state index in [9.17, 15) is 10.2 Å². The van der Waals surface area contributed by atoms with Gasteiger partial charge in [-0.3, -0.25) is 0 Å². The summed E-state index contributed by atoms with van der Waals surface area (Å²) in [5, 5.41) is 27.5. The van der Waals surface area contributed by atoms with Gasteiger partial charge < -0.3 is 20.1 Å². The van der Waals surface area contributed by atoms with Crippen molar-refractivity contribution in [3.05, 3.63) is 0 Å². The molecule has 0 amide bonds. The maximum Gasteiger partial charge on any atom is 0.110 e. The van der Waals surface area contributed by atoms with Gasteiger partial charge in [-0.25, -0.2) is 0 Å². The molecule has 1 saturated heterocycles. The molecule has 72 valence electrons. The Labute approximate surface area is 76.6 Å². The van der Waals surface area contributed by atoms with Gasteiger partial charge in [0.1, 0.15) is 17.6 Å². The Kier molecular flexibility index (Phi) is 3.37. The second-order valence-corrected chi connectivity index (χ2v) is 3.60. The fraction of sp³-hybridized carbons (Fsp3) is 1.00. The summed E-state index contributed by atoms with van der Waals surface area (Å²) in [5.41, 5.74) is -0.430. The zero-order valence-corrected chi connectivity index (χ0v) is 7.69. The third-order valence-electron chi connectivity index (χ3n) is 2.21. The Morgan fingerprint density at radius 2 is 1.92 bits per heavy atom. The van der Waals surface area contributed by atoms with Crippen molar-refractivity contribution in [1.82, 2.24) is 0 Å². The van der Waals surface area contributed by atoms with Gasteiger partial charge in [0, 0.05) is 5.92 Å². The van der Waals surface area contributed by atoms with Crippen molar-refractivity contribution < 1.29 is 20.1 Å². The topological polar surface area (TPSA) is 69.9 Å². The van der Waals surface area contributed by atoms with Gasteiger partial charge in [-0.15, -0.1) is 12.6 Å². The molecule has 0 bridgehead atoms. The third-order valence-corrected chi connectivity index (χ3v) is 2.81. The van der Waals surface area contributed by atoms with Crippen LogP contribution in [0, 0.1) is 5.92 Å². The van der Waals surface area contributed by atoms with Gasteiger partial charge in [0.15, 0.2) is 0 Å². The molecule has 0 aromatic rings. The highest BCUT2D eigenvalue weighted by molar-refractivity contribution is 7.80. The minimum atomic E-state index is -1.02. The van der Waals surface area contributed by atoms with Crippen molar-refractivity contribution in [2.75, 3.05) is 6.61 Å². The van der Waals surface area contributed by atoms with Gasteiger partial charge in [-0.2, -0.15) is 0 Å². The number of hydrogen-bond donors (Lipinski definition) is 4. The van der Waals surface area contributed by atoms with Gasteiger partial charge >= 0.3 is 0 Å². The van der Waals surface area contributed by atoms with Crippen LogP contribution in [0.3, 0.4) is 0 Å². The SMILES string of the molecule is CC1[C@H](S)OC(CO)[C@@H](O)[C@@H]1O. The van der Waals surface area contributed by atoms with E-state index in [1.807, 2.05) is 0 Å². The van der Waals surface area contributed by atoms with Crippen LogP contribution in [0.2, 0.25) is 0 Å². The fourth-order valence-electron chi connectivity index (χ4n) is 1.23. The first-order chi connectivity index (χ1) is 5.57. The van der Waals surface area contributed by atoms with E-state index in [0.717, 1.165) is 0 Å². The smallest absolute Gasteiger partial charge is 0.110 e. The van der Waals surface area contributed by atoms with E-state index in [1.165, 1.54) is 0 Å². The Balaban J connectivity index is 2.63. The maximum atomic E-state index is 9.43. The van der Waals surface area contributed by atoms with Gasteiger partial charge in [0.25, 0.3) is 0 Å². The molecule has 1 aliphatic rings. The van der Waals surface area contributed by atoms with Crippen molar-refractivity contribution in [2.24, 2.45) is 5.92 Å². The molecule has 4 nitrogen and oxygen atoms in total. The summed E-state index contributed by atoms with van der Waals surface area (Å²) in [6.07, 6.45) is -2.62. The molecule has 1 heterocycles. The molecule has 0 saturated carbocycles. The molecular weight excluding hydrogens is 180 g/mol. The first-order valence-corrected chi connectivity index (χ1v) is 4.40. The molecule has 0 aromatic heterocycles. The third kappa shape index (κ3) is 1.75. The summed E-state index contributed by atoms with van der Waals surface area (Å²) in [5.74, 6) is -0.230. The Hall–Kier alpha value is 0.190. The lowest BCUT2D eigenvalue weighted by molar-refractivity contribution is -0.180. The number of ether oxygens (including phenoxy) is 1. The average molecular weight is 194 g/mol. The molecule has 0 radical (unpaired) electrons. The molecule has 1 aliphatic heterocycles. The largest absolute Gasteiger partial charge is 0.394 e. The van der Waals surface area contributed by atoms with Crippen molar-refractivity contribution in [2.45, 2.75) is 30.7 Å². The zero-order valence-electron chi connectivity index (χ0n) is 6.79. The van der Waals surface area contributed by atoms with Gasteiger partial charge in [0.2, 0.25) is 0 Å². The molecule has 5 atom stereocenters. The van der Waals surface area contributed by atoms with Crippen LogP contribution in [0.1, 0.15) is 6.92 Å². The molecule has 2 unspecified atom stereocenters. The van der Waals surface area contributed by atoms with E-state index >= 15 is 0 Å². The lowest BCUT2D eigenvalue weighted by atomic mass is 9.94. The standard InChI is InChI=1S/C7H14O4S/c1-3-5(9)6(10)4(2-8)11-7(3)12/h3-10,12H,2H2,1H3/t3?,4?,5-,6-,7+/m1/s1. The summed E-state index contributed by atoms with van der Waals surface area (Å²) in [6, 6.07) is 0. The zero-order chi connectivity index (χ0) is 9.30. The molecule has 3 N–H and O–H groups in total. The molecule has 0 spiro atoms. The van der Waals surface area contributed by atoms with Crippen molar-refractivity contribution in [3.63, 3.8) is 0 Å². The minimum Gasteiger partial charge on any atom is -0.394 e. The highest BCUT2D eigenvalue weighted by Crippen LogP contribution is 2.27. The Morgan fingerprint density at radius 1 is 1.33 bits per heavy atom. The second kappa shape index (κ2) is 3.93. The number of thiol groups is 1. The Morgan fingerprint density at radius 3 is 2.42 bits per heavy atom. The van der Waals surface area contributed by atoms with Gasteiger partial charge in [-0.1, -0.05) is 6.92 Å². The minimum absolute atomic E-state index is 0.230. The lowest BCUT2D eigenvalue weighted by Gasteiger charge is -2.38. The summed E-state index contributed by atoms with van der Waals surface area (Å²) < 4.78 is 5.13. The number of aliphatic hydroxyl groups is 3. The van der Waals surface area contributed by atoms with E-state index in [2.05, 4.69) is 12.6 Å². The van der Waals surface area contributed by atoms with Crippen LogP contribution in [-0.4, -0.2) is 45.7 Å². The van der Waals surface area contributed by atoms with Gasteiger partial charge in [0.05, 0.1) is 12.7 Å². The number of rotatable bonds is 1. The average Bonchev–Trinajstić information content (AvgIpc) is 2.08. The predicted octanol–water partition coefficient (Wildman–Crippen LogP) is -1.01. The first kappa shape index (κ1) is 10.3. The molecule has 5 heteroatoms. The molecular formula is C7H14O4S. The Bertz CT molecular complexity index is 150. The summed E-state index contributed by atoms with van der Waals surface area (Å²) in [4.78, 5) is 0. The summed E-state index contributed by atoms with van der Waals surface area (Å²) in [7, 11) is 0. The fourth-order valence-corrected chi connectivity index (χ4v) is 1.57. The van der Waals surface area contributed by atoms with Crippen molar-refractivity contribution >= 4 is 12.6 Å². The van der Waals surface area contributed by atoms with Crippen LogP contribution in [0.15, 0.2) is 0 Å². The van der Waals surface area contributed by atoms with Crippen LogP contribution >= 0.6 is 12.6 Å². The van der Waals surface area contributed by atoms with E-state index in [4.69, 9.17) is 9.84 Å². The molecule has 0 aliphatic carbocycles. The second-order valence-electron chi connectivity index (χ2n) is 3.09. The van der Waals surface area contributed by atoms with Crippen LogP contribution in [0.25, 0.3) is 0 Å². The van der Waals surface area contributed by atoms with Crippen molar-refractivity contribution in [3.8, 4) is 0 Å². The monoisotopic (exact) mass is 194 g/mol. The first-order valence-electron chi connectivity index (χ1n) is 3.88. The normalized spacial score (nSPS) is 49.2. The summed E-state index contributed by atoms with van der Waals surface area (Å²) >= 11 is 4.06. The lowest BCUT2D eigenvalue weighted by Crippen LogP contribution is -2.53. The molecule has 12 heavy (non-hydrogen) atoms. The maximum absolute atomic E-state index is 9.43. The number of hydrogen-bond acceptors (Lipinski definition) is 5. The van der Waals surface area contributed by atoms with Crippen LogP contribution in [0.5, 0.6) is 0 Å². The van der Waals surface area contributed by atoms with E-state index in [0.29, 0.717) is 0 Å². The van der Waals surface area contributed by atoms with Crippen LogP contribution in [0.4, 0.5) is 0 Å². The number of aliphatic hydroxyl groups excluding tert-OH is 3. The van der Waals surface area contributed by atoms with Gasteiger partial charge in [-0.05, 0) is 0 Å². The highest BCUT2D eigenvalue weighted by Gasteiger charge is 2.40.